The van der Waals surface area contributed by atoms with Crippen LogP contribution in [-0.4, -0.2) is 30.0 Å². The van der Waals surface area contributed by atoms with Crippen molar-refractivity contribution in [1.82, 2.24) is 15.3 Å². The SMILES string of the molecule is CNC(=O)Cc1nc(-c2cc(F)cc(F)c2)cc(-c2cccc(OC)c2)n1. The lowest BCUT2D eigenvalue weighted by Gasteiger charge is -2.10. The number of halogens is 2. The summed E-state index contributed by atoms with van der Waals surface area (Å²) in [5.41, 5.74) is 1.83. The molecule has 0 spiro atoms. The normalized spacial score (nSPS) is 10.5. The number of rotatable bonds is 5. The summed E-state index contributed by atoms with van der Waals surface area (Å²) in [4.78, 5) is 20.5. The number of methoxy groups -OCH3 is 1. The zero-order chi connectivity index (χ0) is 19.4. The minimum atomic E-state index is -0.709. The molecule has 1 amide bonds. The summed E-state index contributed by atoms with van der Waals surface area (Å²) in [6, 6.07) is 12.0. The van der Waals surface area contributed by atoms with Crippen LogP contribution in [0.1, 0.15) is 5.82 Å². The molecule has 2 aromatic carbocycles. The molecule has 0 aliphatic heterocycles. The molecule has 1 N–H and O–H groups in total. The lowest BCUT2D eigenvalue weighted by atomic mass is 10.1. The Kier molecular flexibility index (Phi) is 5.40. The number of amides is 1. The zero-order valence-electron chi connectivity index (χ0n) is 14.8. The smallest absolute Gasteiger partial charge is 0.227 e. The van der Waals surface area contributed by atoms with Gasteiger partial charge in [0.2, 0.25) is 5.91 Å². The third-order valence-electron chi connectivity index (χ3n) is 3.89. The molecule has 0 saturated carbocycles. The average molecular weight is 369 g/mol. The number of ether oxygens (including phenoxy) is 1. The van der Waals surface area contributed by atoms with Crippen molar-refractivity contribution < 1.29 is 18.3 Å². The highest BCUT2D eigenvalue weighted by Crippen LogP contribution is 2.27. The first-order valence-corrected chi connectivity index (χ1v) is 8.18. The van der Waals surface area contributed by atoms with E-state index in [9.17, 15) is 13.6 Å². The first-order valence-electron chi connectivity index (χ1n) is 8.18. The predicted octanol–water partition coefficient (Wildman–Crippen LogP) is 3.39. The van der Waals surface area contributed by atoms with Gasteiger partial charge in [0.25, 0.3) is 0 Å². The van der Waals surface area contributed by atoms with Gasteiger partial charge in [0.05, 0.1) is 24.9 Å². The Bertz CT molecular complexity index is 972. The monoisotopic (exact) mass is 369 g/mol. The molecule has 7 heteroatoms. The summed E-state index contributed by atoms with van der Waals surface area (Å²) in [6.07, 6.45) is -0.0564. The molecule has 138 valence electrons. The molecule has 0 aliphatic rings. The number of nitrogens with zero attached hydrogens (tertiary/aromatic N) is 2. The van der Waals surface area contributed by atoms with Crippen molar-refractivity contribution in [2.24, 2.45) is 0 Å². The average Bonchev–Trinajstić information content (AvgIpc) is 2.67. The molecule has 5 nitrogen and oxygen atoms in total. The Morgan fingerprint density at radius 3 is 2.30 bits per heavy atom. The Balaban J connectivity index is 2.14. The van der Waals surface area contributed by atoms with Crippen LogP contribution in [0, 0.1) is 11.6 Å². The molecule has 27 heavy (non-hydrogen) atoms. The van der Waals surface area contributed by atoms with E-state index in [4.69, 9.17) is 4.74 Å². The molecule has 0 aliphatic carbocycles. The zero-order valence-corrected chi connectivity index (χ0v) is 14.8. The van der Waals surface area contributed by atoms with Gasteiger partial charge in [-0.25, -0.2) is 18.7 Å². The molecule has 1 heterocycles. The van der Waals surface area contributed by atoms with Crippen LogP contribution in [0.15, 0.2) is 48.5 Å². The van der Waals surface area contributed by atoms with Crippen LogP contribution in [0.25, 0.3) is 22.5 Å². The number of nitrogens with one attached hydrogen (secondary N) is 1. The summed E-state index contributed by atoms with van der Waals surface area (Å²) in [6.45, 7) is 0. The molecule has 3 rings (SSSR count). The molecular weight excluding hydrogens is 352 g/mol. The minimum Gasteiger partial charge on any atom is -0.497 e. The number of carbonyl (C=O) groups excluding carboxylic acids is 1. The van der Waals surface area contributed by atoms with E-state index in [0.29, 0.717) is 17.1 Å². The van der Waals surface area contributed by atoms with E-state index in [1.54, 1.807) is 31.4 Å². The second-order valence-electron chi connectivity index (χ2n) is 5.79. The summed E-state index contributed by atoms with van der Waals surface area (Å²) >= 11 is 0. The predicted molar refractivity (Wildman–Crippen MR) is 97.1 cm³/mol. The van der Waals surface area contributed by atoms with E-state index in [1.807, 2.05) is 6.07 Å². The van der Waals surface area contributed by atoms with Crippen molar-refractivity contribution in [2.45, 2.75) is 6.42 Å². The molecule has 3 aromatic rings. The second kappa shape index (κ2) is 7.90. The number of likely N-dealkylation sites (N-methyl/N-ethyl adjacent to an activating group) is 1. The van der Waals surface area contributed by atoms with Crippen LogP contribution >= 0.6 is 0 Å². The van der Waals surface area contributed by atoms with Gasteiger partial charge in [-0.2, -0.15) is 0 Å². The van der Waals surface area contributed by atoms with Gasteiger partial charge in [0.15, 0.2) is 0 Å². The van der Waals surface area contributed by atoms with Crippen LogP contribution in [0.5, 0.6) is 5.75 Å². The van der Waals surface area contributed by atoms with Gasteiger partial charge in [0, 0.05) is 24.2 Å². The lowest BCUT2D eigenvalue weighted by Crippen LogP contribution is -2.21. The third-order valence-corrected chi connectivity index (χ3v) is 3.89. The van der Waals surface area contributed by atoms with Crippen LogP contribution < -0.4 is 10.1 Å². The van der Waals surface area contributed by atoms with Crippen LogP contribution in [0.4, 0.5) is 8.78 Å². The maximum Gasteiger partial charge on any atom is 0.227 e. The highest BCUT2D eigenvalue weighted by atomic mass is 19.1. The van der Waals surface area contributed by atoms with Gasteiger partial charge in [-0.3, -0.25) is 4.79 Å². The van der Waals surface area contributed by atoms with Gasteiger partial charge in [-0.05, 0) is 30.3 Å². The highest BCUT2D eigenvalue weighted by molar-refractivity contribution is 5.78. The summed E-state index contributed by atoms with van der Waals surface area (Å²) in [5.74, 6) is -0.806. The molecule has 1 aromatic heterocycles. The van der Waals surface area contributed by atoms with Crippen LogP contribution in [0.2, 0.25) is 0 Å². The van der Waals surface area contributed by atoms with Gasteiger partial charge >= 0.3 is 0 Å². The standard InChI is InChI=1S/C20H17F2N3O2/c1-23-20(26)11-19-24-17(12-4-3-5-16(8-12)27-2)10-18(25-19)13-6-14(21)9-15(22)7-13/h3-10H,11H2,1-2H3,(H,23,26). The van der Waals surface area contributed by atoms with Gasteiger partial charge in [-0.15, -0.1) is 0 Å². The number of benzene rings is 2. The largest absolute Gasteiger partial charge is 0.497 e. The van der Waals surface area contributed by atoms with Gasteiger partial charge in [0.1, 0.15) is 23.2 Å². The number of hydrogen-bond acceptors (Lipinski definition) is 4. The Hall–Kier alpha value is -3.35. The molecule has 0 radical (unpaired) electrons. The number of hydrogen-bond donors (Lipinski definition) is 1. The molecule has 0 bridgehead atoms. The quantitative estimate of drug-likeness (QED) is 0.749. The topological polar surface area (TPSA) is 64.1 Å². The maximum atomic E-state index is 13.6. The van der Waals surface area contributed by atoms with E-state index >= 15 is 0 Å². The first kappa shape index (κ1) is 18.4. The lowest BCUT2D eigenvalue weighted by molar-refractivity contribution is -0.120. The fourth-order valence-corrected chi connectivity index (χ4v) is 2.59. The molecule has 0 saturated heterocycles. The maximum absolute atomic E-state index is 13.6. The fourth-order valence-electron chi connectivity index (χ4n) is 2.59. The second-order valence-corrected chi connectivity index (χ2v) is 5.79. The van der Waals surface area contributed by atoms with E-state index in [-0.39, 0.29) is 23.7 Å². The molecular formula is C20H17F2N3O2. The first-order chi connectivity index (χ1) is 13.0. The van der Waals surface area contributed by atoms with Crippen molar-refractivity contribution in [3.8, 4) is 28.3 Å². The van der Waals surface area contributed by atoms with Gasteiger partial charge in [-0.1, -0.05) is 12.1 Å². The molecule has 0 fully saturated rings. The van der Waals surface area contributed by atoms with Crippen molar-refractivity contribution in [3.63, 3.8) is 0 Å². The van der Waals surface area contributed by atoms with Crippen LogP contribution in [0.3, 0.4) is 0 Å². The molecule has 0 unspecified atom stereocenters. The van der Waals surface area contributed by atoms with Crippen molar-refractivity contribution in [2.75, 3.05) is 14.2 Å². The Morgan fingerprint density at radius 1 is 1.00 bits per heavy atom. The van der Waals surface area contributed by atoms with Crippen LogP contribution in [-0.2, 0) is 11.2 Å². The van der Waals surface area contributed by atoms with E-state index < -0.39 is 11.6 Å². The van der Waals surface area contributed by atoms with E-state index in [0.717, 1.165) is 11.6 Å². The minimum absolute atomic E-state index is 0.0564. The third kappa shape index (κ3) is 4.44. The summed E-state index contributed by atoms with van der Waals surface area (Å²) in [7, 11) is 3.06. The van der Waals surface area contributed by atoms with Crippen molar-refractivity contribution in [3.05, 3.63) is 66.0 Å². The van der Waals surface area contributed by atoms with Crippen molar-refractivity contribution in [1.29, 1.82) is 0 Å². The Labute approximate surface area is 155 Å². The summed E-state index contributed by atoms with van der Waals surface area (Å²) in [5, 5.41) is 2.51. The fraction of sp³-hybridized carbons (Fsp3) is 0.150. The number of aromatic nitrogens is 2. The highest BCUT2D eigenvalue weighted by Gasteiger charge is 2.13. The number of carbonyl (C=O) groups is 1. The van der Waals surface area contributed by atoms with E-state index in [2.05, 4.69) is 15.3 Å². The van der Waals surface area contributed by atoms with E-state index in [1.165, 1.54) is 19.2 Å². The Morgan fingerprint density at radius 2 is 1.67 bits per heavy atom. The van der Waals surface area contributed by atoms with Crippen molar-refractivity contribution >= 4 is 5.91 Å². The molecule has 0 atom stereocenters. The summed E-state index contributed by atoms with van der Waals surface area (Å²) < 4.78 is 32.5. The van der Waals surface area contributed by atoms with Gasteiger partial charge < -0.3 is 10.1 Å².